The van der Waals surface area contributed by atoms with Crippen molar-refractivity contribution in [3.63, 3.8) is 0 Å². The number of halogens is 1. The van der Waals surface area contributed by atoms with Crippen molar-refractivity contribution in [2.75, 3.05) is 7.11 Å². The molecular formula is C14H9BrO2S. The minimum Gasteiger partial charge on any atom is -0.495 e. The number of ether oxygens (including phenoxy) is 1. The highest BCUT2D eigenvalue weighted by molar-refractivity contribution is 9.11. The zero-order chi connectivity index (χ0) is 12.7. The summed E-state index contributed by atoms with van der Waals surface area (Å²) >= 11 is 4.94. The predicted octanol–water partition coefficient (Wildman–Crippen LogP) is 4.19. The lowest BCUT2D eigenvalue weighted by Crippen LogP contribution is -1.96. The van der Waals surface area contributed by atoms with Crippen molar-refractivity contribution in [1.82, 2.24) is 0 Å². The van der Waals surface area contributed by atoms with E-state index in [0.29, 0.717) is 5.39 Å². The molecule has 4 heteroatoms. The summed E-state index contributed by atoms with van der Waals surface area (Å²) in [5.41, 5.74) is 0.0471. The number of rotatable bonds is 1. The zero-order valence-electron chi connectivity index (χ0n) is 9.57. The highest BCUT2D eigenvalue weighted by Gasteiger charge is 2.10. The van der Waals surface area contributed by atoms with Crippen LogP contribution >= 0.6 is 27.3 Å². The third kappa shape index (κ3) is 1.72. The van der Waals surface area contributed by atoms with Crippen LogP contribution in [0.3, 0.4) is 0 Å². The molecule has 0 aliphatic rings. The van der Waals surface area contributed by atoms with Crippen molar-refractivity contribution in [1.29, 1.82) is 0 Å². The van der Waals surface area contributed by atoms with E-state index in [-0.39, 0.29) is 5.43 Å². The maximum Gasteiger partial charge on any atom is 0.195 e. The molecule has 0 fully saturated rings. The number of thiophene rings is 1. The molecular weight excluding hydrogens is 312 g/mol. The van der Waals surface area contributed by atoms with E-state index in [1.54, 1.807) is 7.11 Å². The Morgan fingerprint density at radius 3 is 2.72 bits per heavy atom. The molecule has 90 valence electrons. The molecule has 0 atom stereocenters. The molecule has 2 aromatic carbocycles. The summed E-state index contributed by atoms with van der Waals surface area (Å²) in [5, 5.41) is 2.32. The first kappa shape index (κ1) is 11.7. The Morgan fingerprint density at radius 1 is 1.17 bits per heavy atom. The van der Waals surface area contributed by atoms with Gasteiger partial charge in [-0.1, -0.05) is 24.3 Å². The summed E-state index contributed by atoms with van der Waals surface area (Å²) in [4.78, 5) is 12.5. The maximum atomic E-state index is 12.5. The Morgan fingerprint density at radius 2 is 1.94 bits per heavy atom. The summed E-state index contributed by atoms with van der Waals surface area (Å²) in [6.45, 7) is 0. The first-order valence-corrected chi connectivity index (χ1v) is 7.01. The molecule has 0 bridgehead atoms. The lowest BCUT2D eigenvalue weighted by Gasteiger charge is -1.96. The van der Waals surface area contributed by atoms with E-state index < -0.39 is 0 Å². The fourth-order valence-electron chi connectivity index (χ4n) is 2.05. The highest BCUT2D eigenvalue weighted by Crippen LogP contribution is 2.35. The van der Waals surface area contributed by atoms with Gasteiger partial charge in [-0.2, -0.15) is 0 Å². The monoisotopic (exact) mass is 320 g/mol. The second kappa shape index (κ2) is 4.37. The van der Waals surface area contributed by atoms with Crippen LogP contribution in [0.15, 0.2) is 45.0 Å². The van der Waals surface area contributed by atoms with Crippen LogP contribution < -0.4 is 10.2 Å². The number of hydrogen-bond donors (Lipinski definition) is 0. The van der Waals surface area contributed by atoms with Gasteiger partial charge >= 0.3 is 0 Å². The van der Waals surface area contributed by atoms with Crippen molar-refractivity contribution in [3.8, 4) is 5.75 Å². The molecule has 2 nitrogen and oxygen atoms in total. The normalized spacial score (nSPS) is 11.0. The van der Waals surface area contributed by atoms with E-state index in [2.05, 4.69) is 15.9 Å². The third-order valence-electron chi connectivity index (χ3n) is 2.88. The minimum absolute atomic E-state index is 0.0471. The summed E-state index contributed by atoms with van der Waals surface area (Å²) in [6.07, 6.45) is 0. The Labute approximate surface area is 116 Å². The van der Waals surface area contributed by atoms with Crippen molar-refractivity contribution in [2.24, 2.45) is 0 Å². The molecule has 0 saturated heterocycles. The predicted molar refractivity (Wildman–Crippen MR) is 79.9 cm³/mol. The maximum absolute atomic E-state index is 12.5. The first-order valence-electron chi connectivity index (χ1n) is 5.40. The summed E-state index contributed by atoms with van der Waals surface area (Å²) in [5.74, 6) is 0.735. The average Bonchev–Trinajstić information content (AvgIpc) is 2.73. The second-order valence-corrected chi connectivity index (χ2v) is 6.35. The Kier molecular flexibility index (Phi) is 2.84. The fraction of sp³-hybridized carbons (Fsp3) is 0.0714. The van der Waals surface area contributed by atoms with Crippen LogP contribution in [0.4, 0.5) is 0 Å². The van der Waals surface area contributed by atoms with Crippen LogP contribution in [0, 0.1) is 0 Å². The fourth-order valence-corrected chi connectivity index (χ4v) is 3.64. The first-order chi connectivity index (χ1) is 8.70. The highest BCUT2D eigenvalue weighted by atomic mass is 79.9. The summed E-state index contributed by atoms with van der Waals surface area (Å²) in [6, 6.07) is 11.4. The summed E-state index contributed by atoms with van der Waals surface area (Å²) in [7, 11) is 1.63. The van der Waals surface area contributed by atoms with Gasteiger partial charge < -0.3 is 4.74 Å². The molecule has 0 spiro atoms. The number of benzene rings is 1. The minimum atomic E-state index is 0.0471. The molecule has 0 saturated carbocycles. The van der Waals surface area contributed by atoms with E-state index in [0.717, 1.165) is 25.0 Å². The van der Waals surface area contributed by atoms with Crippen LogP contribution in [0.25, 0.3) is 20.9 Å². The molecule has 1 heterocycles. The standard InChI is InChI=1S/C14H9BrO2S/c1-17-11-6-8-4-2-3-5-9(8)13(16)10-7-12(15)18-14(10)11/h2-7H,1H3. The number of hydrogen-bond acceptors (Lipinski definition) is 3. The average molecular weight is 321 g/mol. The van der Waals surface area contributed by atoms with Crippen LogP contribution in [0.5, 0.6) is 5.75 Å². The van der Waals surface area contributed by atoms with Gasteiger partial charge in [-0.05, 0) is 33.4 Å². The third-order valence-corrected chi connectivity index (χ3v) is 4.53. The van der Waals surface area contributed by atoms with Crippen molar-refractivity contribution >= 4 is 48.1 Å². The van der Waals surface area contributed by atoms with Gasteiger partial charge in [0, 0.05) is 10.8 Å². The zero-order valence-corrected chi connectivity index (χ0v) is 12.0. The Hall–Kier alpha value is -1.39. The molecule has 1 aromatic heterocycles. The molecule has 0 aliphatic carbocycles. The Balaban J connectivity index is 2.66. The van der Waals surface area contributed by atoms with Gasteiger partial charge in [0.25, 0.3) is 0 Å². The number of fused-ring (bicyclic) bond motifs is 2. The topological polar surface area (TPSA) is 26.3 Å². The van der Waals surface area contributed by atoms with Crippen molar-refractivity contribution < 1.29 is 4.74 Å². The van der Waals surface area contributed by atoms with E-state index in [1.165, 1.54) is 11.3 Å². The molecule has 0 radical (unpaired) electrons. The smallest absolute Gasteiger partial charge is 0.195 e. The van der Waals surface area contributed by atoms with Gasteiger partial charge in [0.15, 0.2) is 5.43 Å². The van der Waals surface area contributed by atoms with Gasteiger partial charge in [0.2, 0.25) is 0 Å². The summed E-state index contributed by atoms with van der Waals surface area (Å²) < 4.78 is 7.23. The van der Waals surface area contributed by atoms with E-state index >= 15 is 0 Å². The Bertz CT molecular complexity index is 808. The van der Waals surface area contributed by atoms with Gasteiger partial charge in [-0.25, -0.2) is 0 Å². The van der Waals surface area contributed by atoms with Gasteiger partial charge in [-0.15, -0.1) is 11.3 Å². The van der Waals surface area contributed by atoms with E-state index in [9.17, 15) is 4.79 Å². The van der Waals surface area contributed by atoms with E-state index in [4.69, 9.17) is 4.74 Å². The molecule has 18 heavy (non-hydrogen) atoms. The molecule has 0 N–H and O–H groups in total. The largest absolute Gasteiger partial charge is 0.495 e. The molecule has 3 aromatic rings. The van der Waals surface area contributed by atoms with Crippen LogP contribution in [-0.2, 0) is 0 Å². The van der Waals surface area contributed by atoms with Crippen LogP contribution in [0.2, 0.25) is 0 Å². The van der Waals surface area contributed by atoms with Gasteiger partial charge in [0.05, 0.1) is 15.6 Å². The SMILES string of the molecule is COc1cc2ccccc2c(=O)c2cc(Br)sc12. The lowest BCUT2D eigenvalue weighted by molar-refractivity contribution is 0.421. The van der Waals surface area contributed by atoms with E-state index in [1.807, 2.05) is 36.4 Å². The molecule has 0 unspecified atom stereocenters. The van der Waals surface area contributed by atoms with Gasteiger partial charge in [-0.3, -0.25) is 4.79 Å². The van der Waals surface area contributed by atoms with Crippen LogP contribution in [-0.4, -0.2) is 7.11 Å². The number of methoxy groups -OCH3 is 1. The molecule has 0 amide bonds. The molecule has 0 aliphatic heterocycles. The molecule has 3 rings (SSSR count). The second-order valence-electron chi connectivity index (χ2n) is 3.92. The van der Waals surface area contributed by atoms with Crippen molar-refractivity contribution in [2.45, 2.75) is 0 Å². The van der Waals surface area contributed by atoms with Crippen molar-refractivity contribution in [3.05, 3.63) is 50.4 Å². The van der Waals surface area contributed by atoms with Gasteiger partial charge in [0.1, 0.15) is 5.75 Å². The quantitative estimate of drug-likeness (QED) is 0.672. The van der Waals surface area contributed by atoms with Crippen LogP contribution in [0.1, 0.15) is 0 Å². The lowest BCUT2D eigenvalue weighted by atomic mass is 10.2.